The van der Waals surface area contributed by atoms with Gasteiger partial charge in [-0.2, -0.15) is 0 Å². The summed E-state index contributed by atoms with van der Waals surface area (Å²) in [7, 11) is 1.73. The van der Waals surface area contributed by atoms with Gasteiger partial charge in [0.25, 0.3) is 0 Å². The molecule has 0 heterocycles. The maximum absolute atomic E-state index is 11.0. The maximum Gasteiger partial charge on any atom is 0.322 e. The van der Waals surface area contributed by atoms with Crippen molar-refractivity contribution in [1.29, 1.82) is 0 Å². The lowest BCUT2D eigenvalue weighted by Crippen LogP contribution is -2.32. The Balaban J connectivity index is 3.37. The van der Waals surface area contributed by atoms with Crippen LogP contribution in [0.25, 0.3) is 0 Å². The molecule has 3 nitrogen and oxygen atoms in total. The topological polar surface area (TPSA) is 38.3 Å². The van der Waals surface area contributed by atoms with Gasteiger partial charge in [-0.1, -0.05) is 6.08 Å². The summed E-state index contributed by atoms with van der Waals surface area (Å²) in [6.07, 6.45) is 3.56. The third-order valence-corrected chi connectivity index (χ3v) is 1.58. The number of rotatable bonds is 6. The number of esters is 1. The van der Waals surface area contributed by atoms with E-state index in [4.69, 9.17) is 4.74 Å². The lowest BCUT2D eigenvalue weighted by molar-refractivity contribution is -0.145. The lowest BCUT2D eigenvalue weighted by Gasteiger charge is -2.09. The number of nitrogens with one attached hydrogen (secondary N) is 1. The molecule has 0 fully saturated rings. The quantitative estimate of drug-likeness (QED) is 0.369. The molecule has 70 valence electrons. The first-order valence-electron chi connectivity index (χ1n) is 4.17. The van der Waals surface area contributed by atoms with Crippen molar-refractivity contribution in [2.45, 2.75) is 25.8 Å². The Kier molecular flexibility index (Phi) is 6.38. The number of ether oxygens (including phenoxy) is 1. The standard InChI is InChI=1S/C9H17NO2/c1-4-5-6-7-12-9(11)8(2)10-3/h4,8,10H,1,5-7H2,2-3H3/t8-/m0/s1. The van der Waals surface area contributed by atoms with E-state index in [1.807, 2.05) is 6.08 Å². The minimum absolute atomic E-state index is 0.193. The van der Waals surface area contributed by atoms with Crippen LogP contribution < -0.4 is 5.32 Å². The molecule has 0 rings (SSSR count). The van der Waals surface area contributed by atoms with Crippen LogP contribution in [-0.4, -0.2) is 25.7 Å². The zero-order chi connectivity index (χ0) is 9.40. The summed E-state index contributed by atoms with van der Waals surface area (Å²) in [5.41, 5.74) is 0. The van der Waals surface area contributed by atoms with E-state index < -0.39 is 0 Å². The molecule has 1 atom stereocenters. The molecule has 0 aliphatic carbocycles. The Bertz CT molecular complexity index is 145. The summed E-state index contributed by atoms with van der Waals surface area (Å²) in [6, 6.07) is -0.214. The number of carbonyl (C=O) groups is 1. The molecule has 3 heteroatoms. The molecule has 0 saturated heterocycles. The highest BCUT2D eigenvalue weighted by Crippen LogP contribution is 1.93. The second-order valence-corrected chi connectivity index (χ2v) is 2.61. The van der Waals surface area contributed by atoms with E-state index >= 15 is 0 Å². The van der Waals surface area contributed by atoms with Crippen LogP contribution in [0.1, 0.15) is 19.8 Å². The van der Waals surface area contributed by atoms with Gasteiger partial charge >= 0.3 is 5.97 Å². The molecule has 0 amide bonds. The highest BCUT2D eigenvalue weighted by molar-refractivity contribution is 5.75. The van der Waals surface area contributed by atoms with Gasteiger partial charge in [0.2, 0.25) is 0 Å². The summed E-state index contributed by atoms with van der Waals surface area (Å²) < 4.78 is 4.95. The number of hydrogen-bond acceptors (Lipinski definition) is 3. The highest BCUT2D eigenvalue weighted by Gasteiger charge is 2.10. The van der Waals surface area contributed by atoms with Crippen LogP contribution in [0.2, 0.25) is 0 Å². The molecule has 0 radical (unpaired) electrons. The van der Waals surface area contributed by atoms with E-state index in [9.17, 15) is 4.79 Å². The van der Waals surface area contributed by atoms with Gasteiger partial charge in [-0.3, -0.25) is 4.79 Å². The zero-order valence-corrected chi connectivity index (χ0v) is 7.80. The molecular formula is C9H17NO2. The van der Waals surface area contributed by atoms with Gasteiger partial charge in [0.05, 0.1) is 6.61 Å². The fraction of sp³-hybridized carbons (Fsp3) is 0.667. The molecule has 1 N–H and O–H groups in total. The van der Waals surface area contributed by atoms with Crippen molar-refractivity contribution in [3.63, 3.8) is 0 Å². The fourth-order valence-electron chi connectivity index (χ4n) is 0.643. The van der Waals surface area contributed by atoms with Crippen LogP contribution in [0, 0.1) is 0 Å². The van der Waals surface area contributed by atoms with Crippen molar-refractivity contribution in [3.8, 4) is 0 Å². The average molecular weight is 171 g/mol. The zero-order valence-electron chi connectivity index (χ0n) is 7.80. The van der Waals surface area contributed by atoms with Crippen LogP contribution in [0.4, 0.5) is 0 Å². The SMILES string of the molecule is C=CCCCOC(=O)[C@H](C)NC. The summed E-state index contributed by atoms with van der Waals surface area (Å²) in [6.45, 7) is 5.83. The van der Waals surface area contributed by atoms with Crippen molar-refractivity contribution in [2.75, 3.05) is 13.7 Å². The van der Waals surface area contributed by atoms with Gasteiger partial charge in [0.1, 0.15) is 6.04 Å². The second kappa shape index (κ2) is 6.85. The third-order valence-electron chi connectivity index (χ3n) is 1.58. The molecular weight excluding hydrogens is 154 g/mol. The molecule has 0 bridgehead atoms. The third kappa shape index (κ3) is 4.91. The Hall–Kier alpha value is -0.830. The van der Waals surface area contributed by atoms with Crippen LogP contribution in [0.3, 0.4) is 0 Å². The van der Waals surface area contributed by atoms with E-state index in [1.54, 1.807) is 14.0 Å². The molecule has 0 saturated carbocycles. The average Bonchev–Trinajstić information content (AvgIpc) is 2.10. The van der Waals surface area contributed by atoms with E-state index in [0.717, 1.165) is 12.8 Å². The van der Waals surface area contributed by atoms with Crippen molar-refractivity contribution in [2.24, 2.45) is 0 Å². The summed E-state index contributed by atoms with van der Waals surface area (Å²) in [4.78, 5) is 11.0. The first-order chi connectivity index (χ1) is 5.72. The number of unbranched alkanes of at least 4 members (excludes halogenated alkanes) is 1. The van der Waals surface area contributed by atoms with E-state index in [1.165, 1.54) is 0 Å². The lowest BCUT2D eigenvalue weighted by atomic mass is 10.3. The number of carbonyl (C=O) groups excluding carboxylic acids is 1. The molecule has 0 aromatic heterocycles. The molecule has 12 heavy (non-hydrogen) atoms. The Labute approximate surface area is 73.8 Å². The fourth-order valence-corrected chi connectivity index (χ4v) is 0.643. The molecule has 0 aliphatic heterocycles. The monoisotopic (exact) mass is 171 g/mol. The number of hydrogen-bond donors (Lipinski definition) is 1. The summed E-state index contributed by atoms with van der Waals surface area (Å²) >= 11 is 0. The summed E-state index contributed by atoms with van der Waals surface area (Å²) in [5, 5.41) is 2.81. The molecule has 0 aromatic carbocycles. The van der Waals surface area contributed by atoms with Crippen LogP contribution in [-0.2, 0) is 9.53 Å². The molecule has 0 aromatic rings. The van der Waals surface area contributed by atoms with Crippen LogP contribution in [0.5, 0.6) is 0 Å². The van der Waals surface area contributed by atoms with E-state index in [0.29, 0.717) is 6.61 Å². The normalized spacial score (nSPS) is 12.2. The van der Waals surface area contributed by atoms with E-state index in [-0.39, 0.29) is 12.0 Å². The predicted molar refractivity (Wildman–Crippen MR) is 48.9 cm³/mol. The maximum atomic E-state index is 11.0. The van der Waals surface area contributed by atoms with Gasteiger partial charge in [-0.25, -0.2) is 0 Å². The minimum atomic E-state index is -0.214. The van der Waals surface area contributed by atoms with Gasteiger partial charge in [-0.05, 0) is 26.8 Å². The largest absolute Gasteiger partial charge is 0.465 e. The van der Waals surface area contributed by atoms with Crippen molar-refractivity contribution < 1.29 is 9.53 Å². The van der Waals surface area contributed by atoms with Gasteiger partial charge < -0.3 is 10.1 Å². The van der Waals surface area contributed by atoms with E-state index in [2.05, 4.69) is 11.9 Å². The molecule has 0 spiro atoms. The predicted octanol–water partition coefficient (Wildman–Crippen LogP) is 1.10. The Morgan fingerprint density at radius 2 is 2.42 bits per heavy atom. The van der Waals surface area contributed by atoms with Crippen molar-refractivity contribution in [3.05, 3.63) is 12.7 Å². The van der Waals surface area contributed by atoms with Crippen molar-refractivity contribution >= 4 is 5.97 Å². The minimum Gasteiger partial charge on any atom is -0.465 e. The number of allylic oxidation sites excluding steroid dienone is 1. The van der Waals surface area contributed by atoms with Crippen molar-refractivity contribution in [1.82, 2.24) is 5.32 Å². The number of likely N-dealkylation sites (N-methyl/N-ethyl adjacent to an activating group) is 1. The van der Waals surface area contributed by atoms with Gasteiger partial charge in [0, 0.05) is 0 Å². The second-order valence-electron chi connectivity index (χ2n) is 2.61. The molecule has 0 unspecified atom stereocenters. The smallest absolute Gasteiger partial charge is 0.322 e. The first kappa shape index (κ1) is 11.2. The summed E-state index contributed by atoms with van der Waals surface area (Å²) in [5.74, 6) is -0.193. The first-order valence-corrected chi connectivity index (χ1v) is 4.17. The Morgan fingerprint density at radius 3 is 2.92 bits per heavy atom. The van der Waals surface area contributed by atoms with Gasteiger partial charge in [0.15, 0.2) is 0 Å². The van der Waals surface area contributed by atoms with Crippen LogP contribution >= 0.6 is 0 Å². The Morgan fingerprint density at radius 1 is 1.75 bits per heavy atom. The van der Waals surface area contributed by atoms with Gasteiger partial charge in [-0.15, -0.1) is 6.58 Å². The van der Waals surface area contributed by atoms with Crippen LogP contribution in [0.15, 0.2) is 12.7 Å². The molecule has 0 aliphatic rings. The highest BCUT2D eigenvalue weighted by atomic mass is 16.5.